The molecule has 9 heteroatoms. The second-order valence-corrected chi connectivity index (χ2v) is 6.13. The number of halogens is 2. The van der Waals surface area contributed by atoms with Gasteiger partial charge < -0.3 is 14.4 Å². The summed E-state index contributed by atoms with van der Waals surface area (Å²) in [4.78, 5) is 24.8. The minimum atomic E-state index is -0.645. The Hall–Kier alpha value is -3.10. The molecular weight excluding hydrogens is 344 g/mol. The molecule has 0 spiro atoms. The zero-order valence-corrected chi connectivity index (χ0v) is 13.7. The van der Waals surface area contributed by atoms with Gasteiger partial charge in [-0.1, -0.05) is 5.16 Å². The Morgan fingerprint density at radius 2 is 2.27 bits per heavy atom. The predicted octanol–water partition coefficient (Wildman–Crippen LogP) is 2.76. The first-order valence-corrected chi connectivity index (χ1v) is 8.18. The van der Waals surface area contributed by atoms with Crippen molar-refractivity contribution in [1.82, 2.24) is 25.0 Å². The van der Waals surface area contributed by atoms with E-state index in [9.17, 15) is 13.6 Å². The van der Waals surface area contributed by atoms with E-state index in [0.717, 1.165) is 19.0 Å². The summed E-state index contributed by atoms with van der Waals surface area (Å²) in [5.41, 5.74) is 0.411. The quantitative estimate of drug-likeness (QED) is 0.777. The van der Waals surface area contributed by atoms with Crippen molar-refractivity contribution in [2.45, 2.75) is 18.8 Å². The summed E-state index contributed by atoms with van der Waals surface area (Å²) < 4.78 is 32.2. The highest BCUT2D eigenvalue weighted by molar-refractivity contribution is 5.94. The number of carbonyl (C=O) groups is 1. The van der Waals surface area contributed by atoms with E-state index in [1.165, 1.54) is 24.5 Å². The van der Waals surface area contributed by atoms with E-state index < -0.39 is 11.6 Å². The molecule has 26 heavy (non-hydrogen) atoms. The molecular formula is C17H15F2N5O2. The number of hydrogen-bond donors (Lipinski definition) is 1. The monoisotopic (exact) mass is 359 g/mol. The number of carbonyl (C=O) groups excluding carboxylic acids is 1. The topological polar surface area (TPSA) is 87.9 Å². The maximum Gasteiger partial charge on any atom is 0.256 e. The fourth-order valence-electron chi connectivity index (χ4n) is 3.09. The van der Waals surface area contributed by atoms with Crippen LogP contribution in [-0.4, -0.2) is 44.0 Å². The van der Waals surface area contributed by atoms with Gasteiger partial charge in [0.1, 0.15) is 5.82 Å². The van der Waals surface area contributed by atoms with Crippen LogP contribution in [0.2, 0.25) is 0 Å². The third-order valence-electron chi connectivity index (χ3n) is 4.39. The molecule has 0 saturated carbocycles. The molecule has 1 amide bonds. The first kappa shape index (κ1) is 16.4. The highest BCUT2D eigenvalue weighted by atomic mass is 19.1. The number of pyridine rings is 1. The molecule has 0 aromatic carbocycles. The number of H-pyrrole nitrogens is 1. The van der Waals surface area contributed by atoms with Gasteiger partial charge in [0.15, 0.2) is 5.82 Å². The first-order valence-electron chi connectivity index (χ1n) is 8.18. The number of nitrogens with one attached hydrogen (secondary N) is 1. The van der Waals surface area contributed by atoms with Gasteiger partial charge >= 0.3 is 0 Å². The van der Waals surface area contributed by atoms with E-state index in [0.29, 0.717) is 24.7 Å². The second kappa shape index (κ2) is 6.66. The summed E-state index contributed by atoms with van der Waals surface area (Å²) in [6, 6.07) is 2.64. The molecule has 1 atom stereocenters. The summed E-state index contributed by atoms with van der Waals surface area (Å²) in [5, 5.41) is 3.86. The average molecular weight is 359 g/mol. The average Bonchev–Trinajstić information content (AvgIpc) is 3.31. The van der Waals surface area contributed by atoms with Crippen LogP contribution in [0.15, 0.2) is 35.2 Å². The normalized spacial score (nSPS) is 17.5. The van der Waals surface area contributed by atoms with Crippen LogP contribution in [0, 0.1) is 11.6 Å². The third kappa shape index (κ3) is 3.07. The summed E-state index contributed by atoms with van der Waals surface area (Å²) in [6.07, 6.45) is 5.11. The first-order chi connectivity index (χ1) is 12.6. The summed E-state index contributed by atoms with van der Waals surface area (Å²) in [7, 11) is 0. The number of piperidine rings is 1. The van der Waals surface area contributed by atoms with E-state index in [1.807, 2.05) is 0 Å². The Bertz CT molecular complexity index is 939. The Kier molecular flexibility index (Phi) is 4.19. The molecule has 1 saturated heterocycles. The minimum absolute atomic E-state index is 0.00581. The number of likely N-dealkylation sites (tertiary alicyclic amines) is 1. The lowest BCUT2D eigenvalue weighted by atomic mass is 9.97. The van der Waals surface area contributed by atoms with Gasteiger partial charge in [-0.3, -0.25) is 9.78 Å². The van der Waals surface area contributed by atoms with E-state index in [-0.39, 0.29) is 23.2 Å². The Labute approximate surface area is 147 Å². The van der Waals surface area contributed by atoms with E-state index in [1.54, 1.807) is 4.90 Å². The van der Waals surface area contributed by atoms with Crippen molar-refractivity contribution in [2.24, 2.45) is 0 Å². The summed E-state index contributed by atoms with van der Waals surface area (Å²) >= 11 is 0. The molecule has 1 aliphatic rings. The molecule has 1 N–H and O–H groups in total. The van der Waals surface area contributed by atoms with Gasteiger partial charge in [0.2, 0.25) is 11.7 Å². The number of nitrogens with zero attached hydrogens (tertiary/aromatic N) is 4. The lowest BCUT2D eigenvalue weighted by molar-refractivity contribution is 0.0690. The van der Waals surface area contributed by atoms with Gasteiger partial charge in [0, 0.05) is 31.5 Å². The van der Waals surface area contributed by atoms with Crippen LogP contribution >= 0.6 is 0 Å². The lowest BCUT2D eigenvalue weighted by Gasteiger charge is -2.31. The third-order valence-corrected chi connectivity index (χ3v) is 4.39. The zero-order valence-electron chi connectivity index (χ0n) is 13.7. The number of amides is 1. The standard InChI is InChI=1S/C17H15F2N5O2/c18-11-6-14(21-7-11)15-22-16(26-23-15)10-2-1-5-24(9-10)17(25)12-3-4-20-8-13(12)19/h3-4,6-8,10,21H,1-2,5,9H2. The Balaban J connectivity index is 1.51. The largest absolute Gasteiger partial charge is 0.356 e. The van der Waals surface area contributed by atoms with E-state index in [2.05, 4.69) is 20.1 Å². The van der Waals surface area contributed by atoms with Crippen LogP contribution in [0.5, 0.6) is 0 Å². The molecule has 7 nitrogen and oxygen atoms in total. The van der Waals surface area contributed by atoms with Crippen molar-refractivity contribution >= 4 is 5.91 Å². The van der Waals surface area contributed by atoms with Crippen LogP contribution in [0.25, 0.3) is 11.5 Å². The van der Waals surface area contributed by atoms with Crippen molar-refractivity contribution < 1.29 is 18.1 Å². The molecule has 0 bridgehead atoms. The van der Waals surface area contributed by atoms with Crippen molar-refractivity contribution in [3.63, 3.8) is 0 Å². The van der Waals surface area contributed by atoms with Gasteiger partial charge in [0.05, 0.1) is 23.4 Å². The van der Waals surface area contributed by atoms with Crippen molar-refractivity contribution in [2.75, 3.05) is 13.1 Å². The van der Waals surface area contributed by atoms with Gasteiger partial charge in [0.25, 0.3) is 5.91 Å². The molecule has 3 aromatic heterocycles. The highest BCUT2D eigenvalue weighted by Crippen LogP contribution is 2.28. The molecule has 4 rings (SSSR count). The van der Waals surface area contributed by atoms with Crippen LogP contribution in [-0.2, 0) is 0 Å². The van der Waals surface area contributed by atoms with E-state index in [4.69, 9.17) is 4.52 Å². The fourth-order valence-corrected chi connectivity index (χ4v) is 3.09. The van der Waals surface area contributed by atoms with Crippen molar-refractivity contribution in [1.29, 1.82) is 0 Å². The van der Waals surface area contributed by atoms with Gasteiger partial charge in [-0.2, -0.15) is 4.98 Å². The summed E-state index contributed by atoms with van der Waals surface area (Å²) in [6.45, 7) is 0.876. The fraction of sp³-hybridized carbons (Fsp3) is 0.294. The van der Waals surface area contributed by atoms with Crippen LogP contribution in [0.1, 0.15) is 35.0 Å². The molecule has 3 aromatic rings. The number of hydrogen-bond acceptors (Lipinski definition) is 5. The van der Waals surface area contributed by atoms with Gasteiger partial charge in [-0.25, -0.2) is 8.78 Å². The minimum Gasteiger partial charge on any atom is -0.356 e. The molecule has 1 aliphatic heterocycles. The second-order valence-electron chi connectivity index (χ2n) is 6.13. The maximum absolute atomic E-state index is 13.8. The SMILES string of the molecule is O=C(c1ccncc1F)N1CCCC(c2nc(-c3cc(F)c[nH]3)no2)C1. The lowest BCUT2D eigenvalue weighted by Crippen LogP contribution is -2.39. The van der Waals surface area contributed by atoms with Crippen LogP contribution in [0.3, 0.4) is 0 Å². The smallest absolute Gasteiger partial charge is 0.256 e. The molecule has 0 aliphatic carbocycles. The van der Waals surface area contributed by atoms with Gasteiger partial charge in [-0.15, -0.1) is 0 Å². The molecule has 4 heterocycles. The zero-order chi connectivity index (χ0) is 18.1. The molecule has 0 radical (unpaired) electrons. The highest BCUT2D eigenvalue weighted by Gasteiger charge is 2.30. The van der Waals surface area contributed by atoms with Crippen LogP contribution in [0.4, 0.5) is 8.78 Å². The van der Waals surface area contributed by atoms with Crippen molar-refractivity contribution in [3.05, 3.63) is 53.8 Å². The Morgan fingerprint density at radius 3 is 3.04 bits per heavy atom. The number of aromatic nitrogens is 4. The molecule has 1 fully saturated rings. The van der Waals surface area contributed by atoms with Crippen molar-refractivity contribution in [3.8, 4) is 11.5 Å². The Morgan fingerprint density at radius 1 is 1.38 bits per heavy atom. The van der Waals surface area contributed by atoms with Crippen LogP contribution < -0.4 is 0 Å². The van der Waals surface area contributed by atoms with E-state index >= 15 is 0 Å². The van der Waals surface area contributed by atoms with Gasteiger partial charge in [-0.05, 0) is 18.9 Å². The summed E-state index contributed by atoms with van der Waals surface area (Å²) in [5.74, 6) is -0.969. The number of rotatable bonds is 3. The maximum atomic E-state index is 13.8. The molecule has 134 valence electrons. The predicted molar refractivity (Wildman–Crippen MR) is 86.1 cm³/mol. The number of aromatic amines is 1. The molecule has 1 unspecified atom stereocenters.